The second kappa shape index (κ2) is 11.5. The van der Waals surface area contributed by atoms with Gasteiger partial charge in [-0.05, 0) is 25.7 Å². The minimum atomic E-state index is -1.36. The maximum absolute atomic E-state index is 8.77. The van der Waals surface area contributed by atoms with Gasteiger partial charge in [0.1, 0.15) is 0 Å². The van der Waals surface area contributed by atoms with Gasteiger partial charge < -0.3 is 5.11 Å². The van der Waals surface area contributed by atoms with Crippen LogP contribution in [-0.2, 0) is 0 Å². The molecule has 0 bridgehead atoms. The molecule has 13 heavy (non-hydrogen) atoms. The van der Waals surface area contributed by atoms with Gasteiger partial charge in [-0.2, -0.15) is 0 Å². The Bertz CT molecular complexity index is 130. The zero-order valence-corrected chi connectivity index (χ0v) is 7.89. The highest BCUT2D eigenvalue weighted by molar-refractivity contribution is 6.60. The standard InChI is InChI=1S/C8H14.CHClO2.CH4/c1-2-4-6-8-7-5-3-1;2-1(3)4;/h1-2H,3-8H2;(H,3,4);1H4. The Kier molecular flexibility index (Phi) is 13.3. The van der Waals surface area contributed by atoms with Gasteiger partial charge in [0, 0.05) is 11.6 Å². The molecule has 0 aromatic rings. The normalized spacial score (nSPS) is 15.5. The van der Waals surface area contributed by atoms with Gasteiger partial charge in [-0.25, -0.2) is 4.79 Å². The molecule has 1 aliphatic carbocycles. The summed E-state index contributed by atoms with van der Waals surface area (Å²) in [6.45, 7) is 0. The molecule has 0 aromatic carbocycles. The van der Waals surface area contributed by atoms with E-state index in [0.29, 0.717) is 0 Å². The lowest BCUT2D eigenvalue weighted by Gasteiger charge is -2.00. The summed E-state index contributed by atoms with van der Waals surface area (Å²) in [5, 5.41) is 7.18. The maximum atomic E-state index is 8.77. The molecule has 0 radical (unpaired) electrons. The molecule has 0 aromatic heterocycles. The predicted molar refractivity (Wildman–Crippen MR) is 57.5 cm³/mol. The van der Waals surface area contributed by atoms with Gasteiger partial charge in [0.25, 0.3) is 0 Å². The van der Waals surface area contributed by atoms with E-state index in [9.17, 15) is 0 Å². The Hall–Kier alpha value is -0.500. The first-order valence-electron chi connectivity index (χ1n) is 4.27. The minimum absolute atomic E-state index is 0. The summed E-state index contributed by atoms with van der Waals surface area (Å²) in [6.07, 6.45) is 13.0. The average Bonchev–Trinajstić information content (AvgIpc) is 1.82. The fraction of sp³-hybridized carbons (Fsp3) is 0.700. The molecule has 0 saturated carbocycles. The van der Waals surface area contributed by atoms with E-state index in [1.165, 1.54) is 38.5 Å². The number of carbonyl (C=O) groups is 1. The van der Waals surface area contributed by atoms with E-state index >= 15 is 0 Å². The van der Waals surface area contributed by atoms with Crippen molar-refractivity contribution in [1.29, 1.82) is 0 Å². The van der Waals surface area contributed by atoms with Crippen molar-refractivity contribution >= 4 is 17.0 Å². The lowest BCUT2D eigenvalue weighted by Crippen LogP contribution is -1.80. The Labute approximate surface area is 85.6 Å². The molecule has 1 aliphatic rings. The van der Waals surface area contributed by atoms with Crippen molar-refractivity contribution < 1.29 is 9.90 Å². The third-order valence-electron chi connectivity index (χ3n) is 1.66. The zero-order valence-electron chi connectivity index (χ0n) is 7.13. The molecule has 0 heterocycles. The summed E-state index contributed by atoms with van der Waals surface area (Å²) >= 11 is 4.19. The highest BCUT2D eigenvalue weighted by atomic mass is 35.5. The monoisotopic (exact) mass is 206 g/mol. The van der Waals surface area contributed by atoms with E-state index in [4.69, 9.17) is 9.90 Å². The topological polar surface area (TPSA) is 37.3 Å². The van der Waals surface area contributed by atoms with E-state index in [0.717, 1.165) is 0 Å². The predicted octanol–water partition coefficient (Wildman–Crippen LogP) is 4.44. The molecule has 0 saturated heterocycles. The van der Waals surface area contributed by atoms with Gasteiger partial charge in [0.15, 0.2) is 0 Å². The first-order valence-corrected chi connectivity index (χ1v) is 4.64. The van der Waals surface area contributed by atoms with Crippen LogP contribution in [0.5, 0.6) is 0 Å². The van der Waals surface area contributed by atoms with Crippen LogP contribution in [0.25, 0.3) is 0 Å². The van der Waals surface area contributed by atoms with E-state index in [1.54, 1.807) is 0 Å². The molecule has 1 N–H and O–H groups in total. The molecule has 0 unspecified atom stereocenters. The van der Waals surface area contributed by atoms with E-state index in [-0.39, 0.29) is 7.43 Å². The van der Waals surface area contributed by atoms with E-state index in [2.05, 4.69) is 23.8 Å². The molecule has 0 amide bonds. The van der Waals surface area contributed by atoms with Crippen molar-refractivity contribution in [3.63, 3.8) is 0 Å². The lowest BCUT2D eigenvalue weighted by atomic mass is 10.1. The van der Waals surface area contributed by atoms with E-state index in [1.807, 2.05) is 0 Å². The third-order valence-corrected chi connectivity index (χ3v) is 1.66. The van der Waals surface area contributed by atoms with Crippen LogP contribution >= 0.6 is 11.6 Å². The minimum Gasteiger partial charge on any atom is -0.469 e. The highest BCUT2D eigenvalue weighted by Crippen LogP contribution is 2.09. The molecule has 0 fully saturated rings. The van der Waals surface area contributed by atoms with E-state index < -0.39 is 5.43 Å². The zero-order chi connectivity index (χ0) is 9.23. The maximum Gasteiger partial charge on any atom is 0.401 e. The van der Waals surface area contributed by atoms with Crippen LogP contribution in [0.15, 0.2) is 12.2 Å². The molecule has 0 aliphatic heterocycles. The molecular weight excluding hydrogens is 188 g/mol. The summed E-state index contributed by atoms with van der Waals surface area (Å²) in [7, 11) is 0. The highest BCUT2D eigenvalue weighted by Gasteiger charge is 1.89. The van der Waals surface area contributed by atoms with Crippen molar-refractivity contribution in [1.82, 2.24) is 0 Å². The van der Waals surface area contributed by atoms with Crippen LogP contribution < -0.4 is 0 Å². The van der Waals surface area contributed by atoms with Crippen molar-refractivity contribution in [2.45, 2.75) is 46.0 Å². The van der Waals surface area contributed by atoms with Gasteiger partial charge in [-0.1, -0.05) is 32.4 Å². The molecular formula is C10H19ClO2. The SMILES string of the molecule is C.C1=CCCCCCC1.O=C(O)Cl. The van der Waals surface area contributed by atoms with Gasteiger partial charge in [-0.15, -0.1) is 0 Å². The molecule has 3 heteroatoms. The molecule has 0 atom stereocenters. The Morgan fingerprint density at radius 2 is 1.38 bits per heavy atom. The smallest absolute Gasteiger partial charge is 0.401 e. The van der Waals surface area contributed by atoms with Crippen molar-refractivity contribution in [3.8, 4) is 0 Å². The number of allylic oxidation sites excluding steroid dienone is 2. The Morgan fingerprint density at radius 1 is 1.08 bits per heavy atom. The number of hydrogen-bond donors (Lipinski definition) is 1. The van der Waals surface area contributed by atoms with Crippen LogP contribution in [0.1, 0.15) is 46.0 Å². The van der Waals surface area contributed by atoms with Gasteiger partial charge >= 0.3 is 5.43 Å². The summed E-state index contributed by atoms with van der Waals surface area (Å²) < 4.78 is 0. The third kappa shape index (κ3) is 18.5. The number of hydrogen-bond acceptors (Lipinski definition) is 1. The fourth-order valence-corrected chi connectivity index (χ4v) is 1.11. The Morgan fingerprint density at radius 3 is 1.69 bits per heavy atom. The Balaban J connectivity index is 0. The fourth-order valence-electron chi connectivity index (χ4n) is 1.11. The number of rotatable bonds is 0. The molecule has 2 nitrogen and oxygen atoms in total. The van der Waals surface area contributed by atoms with Gasteiger partial charge in [-0.3, -0.25) is 0 Å². The van der Waals surface area contributed by atoms with Crippen molar-refractivity contribution in [2.75, 3.05) is 0 Å². The largest absolute Gasteiger partial charge is 0.469 e. The summed E-state index contributed by atoms with van der Waals surface area (Å²) in [4.78, 5) is 8.77. The van der Waals surface area contributed by atoms with Crippen LogP contribution in [0, 0.1) is 0 Å². The lowest BCUT2D eigenvalue weighted by molar-refractivity contribution is 0.220. The summed E-state index contributed by atoms with van der Waals surface area (Å²) in [6, 6.07) is 0. The first-order chi connectivity index (χ1) is 5.73. The van der Waals surface area contributed by atoms with Gasteiger partial charge in [0.2, 0.25) is 0 Å². The molecule has 1 rings (SSSR count). The molecule has 78 valence electrons. The summed E-state index contributed by atoms with van der Waals surface area (Å²) in [5.41, 5.74) is -1.36. The first kappa shape index (κ1) is 15.0. The van der Waals surface area contributed by atoms with Crippen LogP contribution in [0.2, 0.25) is 0 Å². The van der Waals surface area contributed by atoms with Gasteiger partial charge in [0.05, 0.1) is 0 Å². The van der Waals surface area contributed by atoms with Crippen molar-refractivity contribution in [2.24, 2.45) is 0 Å². The average molecular weight is 207 g/mol. The number of carboxylic acid groups (broad SMARTS) is 1. The number of halogens is 1. The quantitative estimate of drug-likeness (QED) is 0.470. The van der Waals surface area contributed by atoms with Crippen molar-refractivity contribution in [3.05, 3.63) is 12.2 Å². The molecule has 0 spiro atoms. The van der Waals surface area contributed by atoms with Crippen LogP contribution in [0.3, 0.4) is 0 Å². The summed E-state index contributed by atoms with van der Waals surface area (Å²) in [5.74, 6) is 0. The second-order valence-electron chi connectivity index (χ2n) is 2.72. The van der Waals surface area contributed by atoms with Crippen LogP contribution in [-0.4, -0.2) is 10.5 Å². The van der Waals surface area contributed by atoms with Crippen LogP contribution in [0.4, 0.5) is 4.79 Å². The second-order valence-corrected chi connectivity index (χ2v) is 3.04.